The molecule has 0 heterocycles. The highest BCUT2D eigenvalue weighted by molar-refractivity contribution is 5.87. The molecule has 2 amide bonds. The fourth-order valence-corrected chi connectivity index (χ4v) is 2.73. The zero-order chi connectivity index (χ0) is 22.7. The number of primary amides is 1. The van der Waals surface area contributed by atoms with E-state index in [4.69, 9.17) is 5.73 Å². The molecule has 0 unspecified atom stereocenters. The molecule has 1 atom stereocenters. The Balaban J connectivity index is 2.20. The molecule has 4 nitrogen and oxygen atoms in total. The Morgan fingerprint density at radius 1 is 0.900 bits per heavy atom. The number of aryl methyl sites for hydroxylation is 1. The molecule has 0 radical (unpaired) electrons. The third-order valence-electron chi connectivity index (χ3n) is 4.25. The van der Waals surface area contributed by atoms with Gasteiger partial charge < -0.3 is 11.1 Å². The second-order valence-corrected chi connectivity index (χ2v) is 6.80. The van der Waals surface area contributed by atoms with E-state index >= 15 is 0 Å². The van der Waals surface area contributed by atoms with Gasteiger partial charge >= 0.3 is 12.4 Å². The molecule has 0 aliphatic rings. The lowest BCUT2D eigenvalue weighted by Crippen LogP contribution is -2.46. The van der Waals surface area contributed by atoms with Crippen LogP contribution < -0.4 is 11.1 Å². The minimum absolute atomic E-state index is 0.0228. The molecule has 0 spiro atoms. The van der Waals surface area contributed by atoms with Crippen LogP contribution in [0.25, 0.3) is 0 Å². The van der Waals surface area contributed by atoms with Crippen LogP contribution in [-0.4, -0.2) is 17.9 Å². The van der Waals surface area contributed by atoms with Gasteiger partial charge in [-0.15, -0.1) is 0 Å². The number of hydrogen-bond donors (Lipinski definition) is 2. The number of alkyl halides is 6. The minimum atomic E-state index is -5.02. The third kappa shape index (κ3) is 6.50. The summed E-state index contributed by atoms with van der Waals surface area (Å²) in [5.74, 6) is -1.82. The highest BCUT2D eigenvalue weighted by Gasteiger charge is 2.37. The van der Waals surface area contributed by atoms with E-state index in [1.807, 2.05) is 6.92 Å². The maximum atomic E-state index is 12.9. The standard InChI is InChI=1S/C20H18F6N2O2/c1-11-2-4-12(5-3-11)8-16(18(27)30)28-17(29)9-13-6-14(19(21,22)23)10-15(7-13)20(24,25)26/h2-7,10,16H,8-9H2,1H3,(H2,27,30)(H,28,29)/t16-/m0/s1. The van der Waals surface area contributed by atoms with Gasteiger partial charge in [0.05, 0.1) is 17.5 Å². The van der Waals surface area contributed by atoms with Crippen LogP contribution in [0.1, 0.15) is 27.8 Å². The van der Waals surface area contributed by atoms with Gasteiger partial charge in [0.1, 0.15) is 6.04 Å². The Labute approximate surface area is 168 Å². The van der Waals surface area contributed by atoms with Crippen LogP contribution in [0.15, 0.2) is 42.5 Å². The molecule has 0 bridgehead atoms. The molecular weight excluding hydrogens is 414 g/mol. The lowest BCUT2D eigenvalue weighted by atomic mass is 10.0. The van der Waals surface area contributed by atoms with E-state index in [2.05, 4.69) is 5.32 Å². The molecule has 3 N–H and O–H groups in total. The minimum Gasteiger partial charge on any atom is -0.368 e. The van der Waals surface area contributed by atoms with Crippen LogP contribution in [0.4, 0.5) is 26.3 Å². The van der Waals surface area contributed by atoms with Crippen molar-refractivity contribution in [2.24, 2.45) is 5.73 Å². The summed E-state index contributed by atoms with van der Waals surface area (Å²) in [4.78, 5) is 23.9. The van der Waals surface area contributed by atoms with Crippen molar-refractivity contribution in [2.45, 2.75) is 38.2 Å². The predicted molar refractivity (Wildman–Crippen MR) is 96.2 cm³/mol. The number of nitrogens with one attached hydrogen (secondary N) is 1. The number of benzene rings is 2. The zero-order valence-electron chi connectivity index (χ0n) is 15.7. The van der Waals surface area contributed by atoms with Crippen LogP contribution in [0.2, 0.25) is 0 Å². The van der Waals surface area contributed by atoms with Gasteiger partial charge in [-0.25, -0.2) is 0 Å². The van der Waals surface area contributed by atoms with Gasteiger partial charge in [-0.1, -0.05) is 29.8 Å². The molecule has 2 rings (SSSR count). The SMILES string of the molecule is Cc1ccc(C[C@H](NC(=O)Cc2cc(C(F)(F)F)cc(C(F)(F)F)c2)C(N)=O)cc1. The molecule has 0 aliphatic heterocycles. The molecule has 162 valence electrons. The van der Waals surface area contributed by atoms with Crippen molar-refractivity contribution in [3.05, 3.63) is 70.3 Å². The lowest BCUT2D eigenvalue weighted by Gasteiger charge is -2.17. The normalized spacial score (nSPS) is 13.0. The van der Waals surface area contributed by atoms with Crippen molar-refractivity contribution in [1.82, 2.24) is 5.32 Å². The van der Waals surface area contributed by atoms with Gasteiger partial charge in [-0.05, 0) is 36.2 Å². The molecule has 30 heavy (non-hydrogen) atoms. The number of carbonyl (C=O) groups excluding carboxylic acids is 2. The second-order valence-electron chi connectivity index (χ2n) is 6.80. The lowest BCUT2D eigenvalue weighted by molar-refractivity contribution is -0.143. The summed E-state index contributed by atoms with van der Waals surface area (Å²) in [6, 6.07) is 6.70. The fraction of sp³-hybridized carbons (Fsp3) is 0.300. The molecule has 0 aromatic heterocycles. The Kier molecular flexibility index (Phi) is 6.79. The quantitative estimate of drug-likeness (QED) is 0.682. The van der Waals surface area contributed by atoms with Crippen LogP contribution >= 0.6 is 0 Å². The number of hydrogen-bond acceptors (Lipinski definition) is 2. The van der Waals surface area contributed by atoms with E-state index in [1.165, 1.54) is 0 Å². The van der Waals surface area contributed by atoms with E-state index in [0.29, 0.717) is 17.7 Å². The highest BCUT2D eigenvalue weighted by atomic mass is 19.4. The third-order valence-corrected chi connectivity index (χ3v) is 4.25. The Morgan fingerprint density at radius 2 is 1.40 bits per heavy atom. The zero-order valence-corrected chi connectivity index (χ0v) is 15.7. The van der Waals surface area contributed by atoms with Crippen molar-refractivity contribution in [1.29, 1.82) is 0 Å². The van der Waals surface area contributed by atoms with Crippen LogP contribution in [0.3, 0.4) is 0 Å². The highest BCUT2D eigenvalue weighted by Crippen LogP contribution is 2.36. The molecule has 2 aromatic rings. The second kappa shape index (κ2) is 8.76. The van der Waals surface area contributed by atoms with Gasteiger partial charge in [0.15, 0.2) is 0 Å². The van der Waals surface area contributed by atoms with Crippen molar-refractivity contribution in [3.8, 4) is 0 Å². The summed E-state index contributed by atoms with van der Waals surface area (Å²) in [6.07, 6.45) is -10.8. The summed E-state index contributed by atoms with van der Waals surface area (Å²) >= 11 is 0. The van der Waals surface area contributed by atoms with Crippen molar-refractivity contribution in [2.75, 3.05) is 0 Å². The smallest absolute Gasteiger partial charge is 0.368 e. The summed E-state index contributed by atoms with van der Waals surface area (Å²) in [5.41, 5.74) is 3.36. The van der Waals surface area contributed by atoms with Crippen molar-refractivity contribution < 1.29 is 35.9 Å². The largest absolute Gasteiger partial charge is 0.416 e. The average Bonchev–Trinajstić information content (AvgIpc) is 2.61. The van der Waals surface area contributed by atoms with Gasteiger partial charge in [-0.3, -0.25) is 9.59 Å². The summed E-state index contributed by atoms with van der Waals surface area (Å²) in [6.45, 7) is 1.85. The summed E-state index contributed by atoms with van der Waals surface area (Å²) in [5, 5.41) is 2.27. The van der Waals surface area contributed by atoms with Gasteiger partial charge in [0.2, 0.25) is 11.8 Å². The van der Waals surface area contributed by atoms with E-state index in [9.17, 15) is 35.9 Å². The van der Waals surface area contributed by atoms with E-state index < -0.39 is 53.3 Å². The van der Waals surface area contributed by atoms with Crippen molar-refractivity contribution >= 4 is 11.8 Å². The molecule has 2 aromatic carbocycles. The fourth-order valence-electron chi connectivity index (χ4n) is 2.73. The average molecular weight is 432 g/mol. The van der Waals surface area contributed by atoms with Crippen molar-refractivity contribution in [3.63, 3.8) is 0 Å². The Morgan fingerprint density at radius 3 is 1.83 bits per heavy atom. The summed E-state index contributed by atoms with van der Waals surface area (Å²) < 4.78 is 77.6. The number of carbonyl (C=O) groups is 2. The van der Waals surface area contributed by atoms with E-state index in [1.54, 1.807) is 24.3 Å². The van der Waals surface area contributed by atoms with Gasteiger partial charge in [0, 0.05) is 6.42 Å². The van der Waals surface area contributed by atoms with E-state index in [-0.39, 0.29) is 12.5 Å². The molecule has 0 saturated heterocycles. The maximum absolute atomic E-state index is 12.9. The molecule has 0 aliphatic carbocycles. The van der Waals surface area contributed by atoms with Gasteiger partial charge in [-0.2, -0.15) is 26.3 Å². The first-order chi connectivity index (χ1) is 13.8. The Hall–Kier alpha value is -3.04. The van der Waals surface area contributed by atoms with Crippen LogP contribution in [0, 0.1) is 6.92 Å². The number of amides is 2. The topological polar surface area (TPSA) is 72.2 Å². The first kappa shape index (κ1) is 23.2. The first-order valence-corrected chi connectivity index (χ1v) is 8.68. The van der Waals surface area contributed by atoms with Crippen LogP contribution in [-0.2, 0) is 34.8 Å². The molecule has 0 fully saturated rings. The van der Waals surface area contributed by atoms with Gasteiger partial charge in [0.25, 0.3) is 0 Å². The monoisotopic (exact) mass is 432 g/mol. The first-order valence-electron chi connectivity index (χ1n) is 8.68. The predicted octanol–water partition coefficient (Wildman–Crippen LogP) is 3.79. The van der Waals surface area contributed by atoms with E-state index in [0.717, 1.165) is 5.56 Å². The molecule has 10 heteroatoms. The number of nitrogens with two attached hydrogens (primary N) is 1. The molecular formula is C20H18F6N2O2. The molecule has 0 saturated carbocycles. The summed E-state index contributed by atoms with van der Waals surface area (Å²) in [7, 11) is 0. The van der Waals surface area contributed by atoms with Crippen LogP contribution in [0.5, 0.6) is 0 Å². The number of halogens is 6. The Bertz CT molecular complexity index is 888. The maximum Gasteiger partial charge on any atom is 0.416 e. The number of rotatable bonds is 6.